The fourth-order valence-electron chi connectivity index (χ4n) is 3.34. The molecule has 1 heterocycles. The highest BCUT2D eigenvalue weighted by atomic mass is 19.1. The van der Waals surface area contributed by atoms with Gasteiger partial charge in [-0.3, -0.25) is 9.48 Å². The molecule has 22 heavy (non-hydrogen) atoms. The van der Waals surface area contributed by atoms with Gasteiger partial charge in [-0.05, 0) is 37.5 Å². The minimum Gasteiger partial charge on any atom is -0.341 e. The maximum Gasteiger partial charge on any atom is 0.272 e. The second-order valence-electron chi connectivity index (χ2n) is 6.08. The van der Waals surface area contributed by atoms with Crippen LogP contribution in [0.1, 0.15) is 47.3 Å². The highest BCUT2D eigenvalue weighted by Crippen LogP contribution is 2.39. The number of halogens is 1. The Balaban J connectivity index is 1.90. The molecule has 1 aromatic heterocycles. The zero-order valence-electron chi connectivity index (χ0n) is 12.9. The van der Waals surface area contributed by atoms with E-state index in [0.717, 1.165) is 36.8 Å². The number of hydrogen-bond donors (Lipinski definition) is 1. The molecule has 0 aliphatic heterocycles. The molecule has 0 atom stereocenters. The van der Waals surface area contributed by atoms with E-state index in [1.54, 1.807) is 23.9 Å². The summed E-state index contributed by atoms with van der Waals surface area (Å²) in [5.74, 6) is -0.423. The van der Waals surface area contributed by atoms with Gasteiger partial charge in [-0.15, -0.1) is 0 Å². The predicted octanol–water partition coefficient (Wildman–Crippen LogP) is 3.07. The topological polar surface area (TPSA) is 46.9 Å². The summed E-state index contributed by atoms with van der Waals surface area (Å²) in [6, 6.07) is 6.44. The number of nitrogens with zero attached hydrogens (tertiary/aromatic N) is 2. The lowest BCUT2D eigenvalue weighted by atomic mass is 9.88. The summed E-state index contributed by atoms with van der Waals surface area (Å²) < 4.78 is 14.8. The molecule has 5 heteroatoms. The molecule has 0 unspecified atom stereocenters. The molecule has 1 aliphatic rings. The van der Waals surface area contributed by atoms with Gasteiger partial charge in [-0.25, -0.2) is 4.39 Å². The number of benzene rings is 1. The van der Waals surface area contributed by atoms with Gasteiger partial charge in [0.15, 0.2) is 5.69 Å². The van der Waals surface area contributed by atoms with Gasteiger partial charge in [0.05, 0.1) is 5.54 Å². The lowest BCUT2D eigenvalue weighted by Crippen LogP contribution is -2.44. The van der Waals surface area contributed by atoms with Crippen molar-refractivity contribution in [3.63, 3.8) is 0 Å². The van der Waals surface area contributed by atoms with Crippen LogP contribution in [0.2, 0.25) is 0 Å². The van der Waals surface area contributed by atoms with Crippen molar-refractivity contribution in [1.82, 2.24) is 15.1 Å². The van der Waals surface area contributed by atoms with E-state index in [2.05, 4.69) is 10.4 Å². The van der Waals surface area contributed by atoms with Gasteiger partial charge in [-0.2, -0.15) is 5.10 Å². The van der Waals surface area contributed by atoms with Gasteiger partial charge in [0, 0.05) is 18.8 Å². The first kappa shape index (κ1) is 14.8. The Bertz CT molecular complexity index is 684. The summed E-state index contributed by atoms with van der Waals surface area (Å²) in [6.07, 6.45) is 5.68. The molecule has 0 spiro atoms. The number of rotatable bonds is 3. The summed E-state index contributed by atoms with van der Waals surface area (Å²) in [5, 5.41) is 7.40. The normalized spacial score (nSPS) is 16.7. The SMILES string of the molecule is Cc1cn(C)nc1C(=O)NC1(c2ccc(F)cc2)CCCC1. The summed E-state index contributed by atoms with van der Waals surface area (Å²) in [5.41, 5.74) is 1.87. The lowest BCUT2D eigenvalue weighted by molar-refractivity contribution is 0.0891. The summed E-state index contributed by atoms with van der Waals surface area (Å²) in [7, 11) is 1.80. The number of aryl methyl sites for hydroxylation is 2. The summed E-state index contributed by atoms with van der Waals surface area (Å²) in [4.78, 5) is 12.6. The largest absolute Gasteiger partial charge is 0.341 e. The highest BCUT2D eigenvalue weighted by Gasteiger charge is 2.37. The highest BCUT2D eigenvalue weighted by molar-refractivity contribution is 5.94. The van der Waals surface area contributed by atoms with Crippen molar-refractivity contribution >= 4 is 5.91 Å². The maximum atomic E-state index is 13.2. The number of amides is 1. The predicted molar refractivity (Wildman–Crippen MR) is 82.0 cm³/mol. The first-order valence-electron chi connectivity index (χ1n) is 7.59. The third-order valence-electron chi connectivity index (χ3n) is 4.43. The second kappa shape index (κ2) is 5.55. The Hall–Kier alpha value is -2.17. The fourth-order valence-corrected chi connectivity index (χ4v) is 3.34. The molecule has 1 N–H and O–H groups in total. The molecular weight excluding hydrogens is 281 g/mol. The zero-order valence-corrected chi connectivity index (χ0v) is 12.9. The number of nitrogens with one attached hydrogen (secondary N) is 1. The first-order chi connectivity index (χ1) is 10.5. The average Bonchev–Trinajstić information content (AvgIpc) is 3.07. The van der Waals surface area contributed by atoms with E-state index >= 15 is 0 Å². The first-order valence-corrected chi connectivity index (χ1v) is 7.59. The molecule has 1 amide bonds. The van der Waals surface area contributed by atoms with Gasteiger partial charge in [0.25, 0.3) is 5.91 Å². The van der Waals surface area contributed by atoms with Crippen molar-refractivity contribution in [2.45, 2.75) is 38.1 Å². The molecule has 3 rings (SSSR count). The Morgan fingerprint density at radius 2 is 1.91 bits per heavy atom. The van der Waals surface area contributed by atoms with E-state index in [1.807, 2.05) is 13.1 Å². The van der Waals surface area contributed by atoms with Crippen LogP contribution in [0.15, 0.2) is 30.5 Å². The van der Waals surface area contributed by atoms with Crippen molar-refractivity contribution in [3.05, 3.63) is 53.1 Å². The van der Waals surface area contributed by atoms with Crippen LogP contribution in [0.5, 0.6) is 0 Å². The van der Waals surface area contributed by atoms with Gasteiger partial charge in [0.1, 0.15) is 5.82 Å². The molecular formula is C17H20FN3O. The van der Waals surface area contributed by atoms with E-state index in [9.17, 15) is 9.18 Å². The van der Waals surface area contributed by atoms with Crippen LogP contribution < -0.4 is 5.32 Å². The smallest absolute Gasteiger partial charge is 0.272 e. The minimum atomic E-state index is -0.408. The lowest BCUT2D eigenvalue weighted by Gasteiger charge is -2.31. The molecule has 1 aliphatic carbocycles. The van der Waals surface area contributed by atoms with E-state index in [4.69, 9.17) is 0 Å². The quantitative estimate of drug-likeness (QED) is 0.947. The summed E-state index contributed by atoms with van der Waals surface area (Å²) in [6.45, 7) is 1.88. The molecule has 0 radical (unpaired) electrons. The van der Waals surface area contributed by atoms with E-state index < -0.39 is 5.54 Å². The Kier molecular flexibility index (Phi) is 3.72. The molecule has 1 fully saturated rings. The number of aromatic nitrogens is 2. The maximum absolute atomic E-state index is 13.2. The molecule has 1 saturated carbocycles. The van der Waals surface area contributed by atoms with Gasteiger partial charge in [0.2, 0.25) is 0 Å². The van der Waals surface area contributed by atoms with Crippen LogP contribution in [0.25, 0.3) is 0 Å². The fraction of sp³-hybridized carbons (Fsp3) is 0.412. The van der Waals surface area contributed by atoms with Crippen LogP contribution in [0.3, 0.4) is 0 Å². The number of hydrogen-bond acceptors (Lipinski definition) is 2. The van der Waals surface area contributed by atoms with Crippen LogP contribution in [0.4, 0.5) is 4.39 Å². The van der Waals surface area contributed by atoms with Crippen LogP contribution >= 0.6 is 0 Å². The van der Waals surface area contributed by atoms with Gasteiger partial charge >= 0.3 is 0 Å². The van der Waals surface area contributed by atoms with Crippen LogP contribution in [0, 0.1) is 12.7 Å². The molecule has 1 aromatic carbocycles. The molecule has 2 aromatic rings. The zero-order chi connectivity index (χ0) is 15.7. The van der Waals surface area contributed by atoms with E-state index in [-0.39, 0.29) is 11.7 Å². The minimum absolute atomic E-state index is 0.163. The summed E-state index contributed by atoms with van der Waals surface area (Å²) >= 11 is 0. The average molecular weight is 301 g/mol. The third-order valence-corrected chi connectivity index (χ3v) is 4.43. The van der Waals surface area contributed by atoms with Gasteiger partial charge < -0.3 is 5.32 Å². The molecule has 4 nitrogen and oxygen atoms in total. The van der Waals surface area contributed by atoms with Crippen molar-refractivity contribution in [2.24, 2.45) is 7.05 Å². The van der Waals surface area contributed by atoms with Crippen molar-refractivity contribution in [3.8, 4) is 0 Å². The van der Waals surface area contributed by atoms with Crippen molar-refractivity contribution < 1.29 is 9.18 Å². The van der Waals surface area contributed by atoms with Crippen LogP contribution in [-0.4, -0.2) is 15.7 Å². The number of carbonyl (C=O) groups is 1. The van der Waals surface area contributed by atoms with Crippen LogP contribution in [-0.2, 0) is 12.6 Å². The molecule has 0 bridgehead atoms. The molecule has 116 valence electrons. The van der Waals surface area contributed by atoms with E-state index in [0.29, 0.717) is 5.69 Å². The van der Waals surface area contributed by atoms with E-state index in [1.165, 1.54) is 12.1 Å². The van der Waals surface area contributed by atoms with Gasteiger partial charge in [-0.1, -0.05) is 25.0 Å². The van der Waals surface area contributed by atoms with Crippen molar-refractivity contribution in [1.29, 1.82) is 0 Å². The third kappa shape index (κ3) is 2.63. The standard InChI is InChI=1S/C17H20FN3O/c1-12-11-21(2)20-15(12)16(22)19-17(9-3-4-10-17)13-5-7-14(18)8-6-13/h5-8,11H,3-4,9-10H2,1-2H3,(H,19,22). The number of carbonyl (C=O) groups excluding carboxylic acids is 1. The Morgan fingerprint density at radius 1 is 1.27 bits per heavy atom. The molecule has 0 saturated heterocycles. The Labute approximate surface area is 129 Å². The van der Waals surface area contributed by atoms with Crippen molar-refractivity contribution in [2.75, 3.05) is 0 Å². The second-order valence-corrected chi connectivity index (χ2v) is 6.08. The Morgan fingerprint density at radius 3 is 2.45 bits per heavy atom. The monoisotopic (exact) mass is 301 g/mol.